The van der Waals surface area contributed by atoms with Gasteiger partial charge in [0.05, 0.1) is 6.20 Å². The van der Waals surface area contributed by atoms with E-state index in [-0.39, 0.29) is 17.1 Å². The molecule has 0 saturated carbocycles. The van der Waals surface area contributed by atoms with E-state index in [2.05, 4.69) is 29.6 Å². The van der Waals surface area contributed by atoms with E-state index in [4.69, 9.17) is 23.2 Å². The first-order chi connectivity index (χ1) is 16.1. The van der Waals surface area contributed by atoms with Gasteiger partial charge in [0.1, 0.15) is 17.4 Å². The lowest BCUT2D eigenvalue weighted by molar-refractivity contribution is -0.118. The predicted molar refractivity (Wildman–Crippen MR) is 135 cm³/mol. The molecule has 2 aliphatic rings. The lowest BCUT2D eigenvalue weighted by atomic mass is 9.73. The van der Waals surface area contributed by atoms with E-state index in [9.17, 15) is 9.59 Å². The number of rotatable bonds is 3. The molecule has 174 valence electrons. The zero-order chi connectivity index (χ0) is 24.2. The molecule has 1 atom stereocenters. The van der Waals surface area contributed by atoms with Crippen molar-refractivity contribution in [3.8, 4) is 0 Å². The van der Waals surface area contributed by atoms with Crippen LogP contribution in [0, 0.1) is 12.3 Å². The summed E-state index contributed by atoms with van der Waals surface area (Å²) in [6.45, 7) is 6.11. The number of fused-ring (bicyclic) bond motifs is 1. The number of ketones is 1. The second kappa shape index (κ2) is 8.29. The van der Waals surface area contributed by atoms with Crippen LogP contribution in [0.15, 0.2) is 59.9 Å². The maximum Gasteiger partial charge on any atom is 0.261 e. The standard InChI is InChI=1S/C26H24Cl2N4O2/c1-14-7-9-15(10-8-14)30-25(34)16-13-29-32-23(21-17(27)5-4-6-18(21)28)22-19(31-24(16)32)11-26(2,3)12-20(22)33/h4-10,13,23,31H,11-12H2,1-3H3,(H,30,34)/t23-/m1/s1. The van der Waals surface area contributed by atoms with Crippen LogP contribution in [0.2, 0.25) is 10.0 Å². The number of hydrogen-bond acceptors (Lipinski definition) is 4. The maximum absolute atomic E-state index is 13.4. The summed E-state index contributed by atoms with van der Waals surface area (Å²) >= 11 is 13.2. The molecule has 6 nitrogen and oxygen atoms in total. The van der Waals surface area contributed by atoms with Crippen molar-refractivity contribution in [2.75, 3.05) is 10.6 Å². The van der Waals surface area contributed by atoms with E-state index in [0.29, 0.717) is 51.1 Å². The Morgan fingerprint density at radius 1 is 1.12 bits per heavy atom. The molecule has 0 bridgehead atoms. The first kappa shape index (κ1) is 22.7. The number of nitrogens with one attached hydrogen (secondary N) is 2. The summed E-state index contributed by atoms with van der Waals surface area (Å²) in [5.74, 6) is 0.230. The monoisotopic (exact) mass is 494 g/mol. The molecule has 0 radical (unpaired) electrons. The number of benzene rings is 2. The number of carbonyl (C=O) groups excluding carboxylic acids is 2. The molecule has 1 amide bonds. The molecule has 0 spiro atoms. The van der Waals surface area contributed by atoms with Crippen LogP contribution >= 0.6 is 23.2 Å². The largest absolute Gasteiger partial charge is 0.343 e. The van der Waals surface area contributed by atoms with E-state index in [1.54, 1.807) is 22.9 Å². The molecule has 0 fully saturated rings. The third kappa shape index (κ3) is 3.91. The number of hydrogen-bond donors (Lipinski definition) is 2. The number of halogens is 2. The molecule has 3 aromatic rings. The molecule has 2 aromatic carbocycles. The maximum atomic E-state index is 13.4. The molecule has 34 heavy (non-hydrogen) atoms. The van der Waals surface area contributed by atoms with Crippen LogP contribution in [0.3, 0.4) is 0 Å². The molecular formula is C26H24Cl2N4O2. The zero-order valence-electron chi connectivity index (χ0n) is 19.1. The lowest BCUT2D eigenvalue weighted by Gasteiger charge is -2.39. The normalized spacial score (nSPS) is 18.7. The summed E-state index contributed by atoms with van der Waals surface area (Å²) in [6, 6.07) is 12.2. The van der Waals surface area contributed by atoms with Crippen LogP contribution in [0.5, 0.6) is 0 Å². The average Bonchev–Trinajstić information content (AvgIpc) is 3.17. The molecule has 1 aliphatic carbocycles. The van der Waals surface area contributed by atoms with Gasteiger partial charge in [-0.05, 0) is 43.0 Å². The van der Waals surface area contributed by atoms with Gasteiger partial charge < -0.3 is 10.6 Å². The summed E-state index contributed by atoms with van der Waals surface area (Å²) in [5.41, 5.74) is 3.91. The van der Waals surface area contributed by atoms with Crippen molar-refractivity contribution in [1.82, 2.24) is 9.78 Å². The Morgan fingerprint density at radius 3 is 2.47 bits per heavy atom. The number of amides is 1. The molecule has 1 aliphatic heterocycles. The van der Waals surface area contributed by atoms with Gasteiger partial charge >= 0.3 is 0 Å². The van der Waals surface area contributed by atoms with Gasteiger partial charge in [-0.25, -0.2) is 4.68 Å². The summed E-state index contributed by atoms with van der Waals surface area (Å²) < 4.78 is 1.65. The number of aromatic nitrogens is 2. The smallest absolute Gasteiger partial charge is 0.261 e. The zero-order valence-corrected chi connectivity index (χ0v) is 20.6. The first-order valence-corrected chi connectivity index (χ1v) is 11.8. The Hall–Kier alpha value is -3.09. The van der Waals surface area contributed by atoms with E-state index in [1.165, 1.54) is 6.20 Å². The van der Waals surface area contributed by atoms with Gasteiger partial charge in [-0.3, -0.25) is 9.59 Å². The summed E-state index contributed by atoms with van der Waals surface area (Å²) in [7, 11) is 0. The highest BCUT2D eigenvalue weighted by Crippen LogP contribution is 2.48. The third-order valence-corrected chi connectivity index (χ3v) is 6.99. The van der Waals surface area contributed by atoms with E-state index >= 15 is 0 Å². The number of anilines is 2. The Balaban J connectivity index is 1.63. The van der Waals surface area contributed by atoms with Crippen molar-refractivity contribution in [3.63, 3.8) is 0 Å². The van der Waals surface area contributed by atoms with Crippen LogP contribution in [0.1, 0.15) is 54.2 Å². The van der Waals surface area contributed by atoms with Gasteiger partial charge in [0.2, 0.25) is 0 Å². The van der Waals surface area contributed by atoms with Gasteiger partial charge in [-0.15, -0.1) is 0 Å². The van der Waals surface area contributed by atoms with Crippen LogP contribution in [0.25, 0.3) is 0 Å². The van der Waals surface area contributed by atoms with Crippen LogP contribution in [-0.2, 0) is 4.79 Å². The molecule has 0 unspecified atom stereocenters. The fraction of sp³-hybridized carbons (Fsp3) is 0.269. The minimum absolute atomic E-state index is 0.0199. The minimum atomic E-state index is -0.628. The summed E-state index contributed by atoms with van der Waals surface area (Å²) in [4.78, 5) is 26.6. The van der Waals surface area contributed by atoms with Crippen molar-refractivity contribution in [2.24, 2.45) is 5.41 Å². The van der Waals surface area contributed by atoms with Crippen molar-refractivity contribution in [1.29, 1.82) is 0 Å². The lowest BCUT2D eigenvalue weighted by Crippen LogP contribution is -2.37. The molecule has 0 saturated heterocycles. The SMILES string of the molecule is Cc1ccc(NC(=O)c2cnn3c2NC2=C(C(=O)CC(C)(C)C2)[C@H]3c2c(Cl)cccc2Cl)cc1. The Morgan fingerprint density at radius 2 is 1.79 bits per heavy atom. The number of Topliss-reactive ketones (excluding diaryl/α,β-unsaturated/α-hetero) is 1. The van der Waals surface area contributed by atoms with Gasteiger partial charge in [0.15, 0.2) is 5.78 Å². The third-order valence-electron chi connectivity index (χ3n) is 6.33. The summed E-state index contributed by atoms with van der Waals surface area (Å²) in [6.07, 6.45) is 2.57. The van der Waals surface area contributed by atoms with Crippen molar-refractivity contribution < 1.29 is 9.59 Å². The van der Waals surface area contributed by atoms with E-state index in [0.717, 1.165) is 11.3 Å². The topological polar surface area (TPSA) is 76.0 Å². The quantitative estimate of drug-likeness (QED) is 0.441. The highest BCUT2D eigenvalue weighted by Gasteiger charge is 2.43. The summed E-state index contributed by atoms with van der Waals surface area (Å²) in [5, 5.41) is 11.7. The Labute approximate surface area is 207 Å². The second-order valence-electron chi connectivity index (χ2n) is 9.67. The molecule has 2 heterocycles. The number of aryl methyl sites for hydroxylation is 1. The molecule has 2 N–H and O–H groups in total. The van der Waals surface area contributed by atoms with Crippen molar-refractivity contribution >= 4 is 46.4 Å². The average molecular weight is 495 g/mol. The van der Waals surface area contributed by atoms with Gasteiger partial charge in [-0.1, -0.05) is 60.8 Å². The van der Waals surface area contributed by atoms with Crippen LogP contribution in [-0.4, -0.2) is 21.5 Å². The Bertz CT molecular complexity index is 1340. The first-order valence-electron chi connectivity index (χ1n) is 11.1. The molecule has 1 aromatic heterocycles. The number of allylic oxidation sites excluding steroid dienone is 2. The van der Waals surface area contributed by atoms with Crippen molar-refractivity contribution in [3.05, 3.63) is 86.7 Å². The molecular weight excluding hydrogens is 471 g/mol. The highest BCUT2D eigenvalue weighted by molar-refractivity contribution is 6.36. The van der Waals surface area contributed by atoms with Gasteiger partial charge in [0, 0.05) is 39.0 Å². The van der Waals surface area contributed by atoms with Gasteiger partial charge in [-0.2, -0.15) is 5.10 Å². The van der Waals surface area contributed by atoms with Gasteiger partial charge in [0.25, 0.3) is 5.91 Å². The van der Waals surface area contributed by atoms with Crippen LogP contribution in [0.4, 0.5) is 11.5 Å². The minimum Gasteiger partial charge on any atom is -0.343 e. The molecule has 8 heteroatoms. The second-order valence-corrected chi connectivity index (χ2v) is 10.5. The van der Waals surface area contributed by atoms with Crippen LogP contribution < -0.4 is 10.6 Å². The van der Waals surface area contributed by atoms with E-state index < -0.39 is 6.04 Å². The molecule has 5 rings (SSSR count). The fourth-order valence-electron chi connectivity index (χ4n) is 4.75. The number of nitrogens with zero attached hydrogens (tertiary/aromatic N) is 2. The Kier molecular flexibility index (Phi) is 5.53. The van der Waals surface area contributed by atoms with E-state index in [1.807, 2.05) is 31.2 Å². The predicted octanol–water partition coefficient (Wildman–Crippen LogP) is 6.41. The van der Waals surface area contributed by atoms with Crippen molar-refractivity contribution in [2.45, 2.75) is 39.7 Å². The fourth-order valence-corrected chi connectivity index (χ4v) is 5.36. The highest BCUT2D eigenvalue weighted by atomic mass is 35.5. The number of carbonyl (C=O) groups is 2.